The van der Waals surface area contributed by atoms with Gasteiger partial charge in [-0.25, -0.2) is 9.67 Å². The molecule has 0 saturated heterocycles. The van der Waals surface area contributed by atoms with Crippen LogP contribution >= 0.6 is 58.3 Å². The van der Waals surface area contributed by atoms with Crippen molar-refractivity contribution in [2.24, 2.45) is 0 Å². The summed E-state index contributed by atoms with van der Waals surface area (Å²) in [7, 11) is 0. The second kappa shape index (κ2) is 8.41. The zero-order valence-electron chi connectivity index (χ0n) is 13.4. The maximum absolute atomic E-state index is 12.4. The summed E-state index contributed by atoms with van der Waals surface area (Å²) in [5.74, 6) is -0.890. The first-order chi connectivity index (χ1) is 12.5. The van der Waals surface area contributed by atoms with Gasteiger partial charge in [-0.05, 0) is 43.4 Å². The first-order valence-corrected chi connectivity index (χ1v) is 10.8. The Balaban J connectivity index is 1.71. The van der Waals surface area contributed by atoms with E-state index < -0.39 is 5.92 Å². The standard InChI is InChI=1S/C16H11ClN4OS4/c1-9-7-24-14(19-9)12(6-18)13(22)8-25-15-20-21(16(23)26-15)11-4-2-10(17)3-5-11/h2-5,7,12H,8H2,1H3. The van der Waals surface area contributed by atoms with Gasteiger partial charge in [-0.2, -0.15) is 5.26 Å². The Morgan fingerprint density at radius 3 is 2.81 bits per heavy atom. The predicted molar refractivity (Wildman–Crippen MR) is 108 cm³/mol. The molecule has 0 aliphatic rings. The Labute approximate surface area is 172 Å². The van der Waals surface area contributed by atoms with Crippen molar-refractivity contribution in [2.75, 3.05) is 5.75 Å². The predicted octanol–water partition coefficient (Wildman–Crippen LogP) is 5.05. The number of aromatic nitrogens is 3. The molecule has 26 heavy (non-hydrogen) atoms. The molecule has 0 bridgehead atoms. The van der Waals surface area contributed by atoms with Crippen LogP contribution in [0.1, 0.15) is 16.6 Å². The van der Waals surface area contributed by atoms with Gasteiger partial charge in [0.05, 0.1) is 17.5 Å². The normalized spacial score (nSPS) is 11.9. The molecule has 0 N–H and O–H groups in total. The zero-order chi connectivity index (χ0) is 18.7. The highest BCUT2D eigenvalue weighted by Crippen LogP contribution is 2.27. The van der Waals surface area contributed by atoms with E-state index in [1.54, 1.807) is 16.8 Å². The first-order valence-electron chi connectivity index (χ1n) is 7.31. The number of hydrogen-bond acceptors (Lipinski definition) is 8. The lowest BCUT2D eigenvalue weighted by Crippen LogP contribution is -2.13. The fraction of sp³-hybridized carbons (Fsp3) is 0.188. The third-order valence-corrected chi connectivity index (χ3v) is 6.94. The van der Waals surface area contributed by atoms with Crippen LogP contribution in [0.25, 0.3) is 5.69 Å². The molecule has 2 heterocycles. The number of ketones is 1. The number of Topliss-reactive ketones (excluding diaryl/α,β-unsaturated/α-hetero) is 1. The molecule has 0 fully saturated rings. The number of hydrogen-bond donors (Lipinski definition) is 0. The number of rotatable bonds is 6. The minimum Gasteiger partial charge on any atom is -0.297 e. The highest BCUT2D eigenvalue weighted by atomic mass is 35.5. The van der Waals surface area contributed by atoms with Crippen LogP contribution < -0.4 is 0 Å². The number of aryl methyl sites for hydroxylation is 1. The van der Waals surface area contributed by atoms with Crippen molar-refractivity contribution >= 4 is 64.0 Å². The van der Waals surface area contributed by atoms with Gasteiger partial charge in [-0.15, -0.1) is 16.4 Å². The van der Waals surface area contributed by atoms with Gasteiger partial charge >= 0.3 is 0 Å². The molecule has 0 aliphatic heterocycles. The van der Waals surface area contributed by atoms with E-state index in [0.29, 0.717) is 18.3 Å². The van der Waals surface area contributed by atoms with Crippen LogP contribution in [0.4, 0.5) is 0 Å². The van der Waals surface area contributed by atoms with Crippen molar-refractivity contribution in [2.45, 2.75) is 17.2 Å². The molecular formula is C16H11ClN4OS4. The van der Waals surface area contributed by atoms with E-state index in [9.17, 15) is 10.1 Å². The summed E-state index contributed by atoms with van der Waals surface area (Å²) in [6.45, 7) is 1.84. The largest absolute Gasteiger partial charge is 0.297 e. The quantitative estimate of drug-likeness (QED) is 0.396. The van der Waals surface area contributed by atoms with Crippen molar-refractivity contribution in [3.63, 3.8) is 0 Å². The molecule has 3 rings (SSSR count). The van der Waals surface area contributed by atoms with Crippen molar-refractivity contribution in [3.8, 4) is 11.8 Å². The van der Waals surface area contributed by atoms with Crippen LogP contribution in [0.3, 0.4) is 0 Å². The number of carbonyl (C=O) groups is 1. The lowest BCUT2D eigenvalue weighted by atomic mass is 10.1. The molecule has 1 atom stereocenters. The Bertz CT molecular complexity index is 1030. The molecule has 2 aromatic heterocycles. The fourth-order valence-corrected chi connectivity index (χ4v) is 5.30. The number of halogens is 1. The molecular weight excluding hydrogens is 428 g/mol. The van der Waals surface area contributed by atoms with E-state index in [2.05, 4.69) is 10.1 Å². The highest BCUT2D eigenvalue weighted by molar-refractivity contribution is 8.01. The van der Waals surface area contributed by atoms with E-state index in [-0.39, 0.29) is 11.5 Å². The number of benzene rings is 1. The average Bonchev–Trinajstić information content (AvgIpc) is 3.20. The molecule has 0 amide bonds. The van der Waals surface area contributed by atoms with Crippen LogP contribution in [0.2, 0.25) is 5.02 Å². The second-order valence-electron chi connectivity index (χ2n) is 5.17. The Hall–Kier alpha value is -1.57. The fourth-order valence-electron chi connectivity index (χ4n) is 2.05. The molecule has 132 valence electrons. The summed E-state index contributed by atoms with van der Waals surface area (Å²) < 4.78 is 2.88. The number of thioether (sulfide) groups is 1. The smallest absolute Gasteiger partial charge is 0.184 e. The highest BCUT2D eigenvalue weighted by Gasteiger charge is 2.23. The molecule has 5 nitrogen and oxygen atoms in total. The SMILES string of the molecule is Cc1csc(C(C#N)C(=O)CSc2nn(-c3ccc(Cl)cc3)c(=S)s2)n1. The second-order valence-corrected chi connectivity index (χ2v) is 9.34. The zero-order valence-corrected chi connectivity index (χ0v) is 17.4. The minimum absolute atomic E-state index is 0.139. The first kappa shape index (κ1) is 19.2. The summed E-state index contributed by atoms with van der Waals surface area (Å²) >= 11 is 15.2. The summed E-state index contributed by atoms with van der Waals surface area (Å²) in [6, 6.07) is 9.23. The van der Waals surface area contributed by atoms with E-state index in [4.69, 9.17) is 23.8 Å². The maximum atomic E-state index is 12.4. The molecule has 1 aromatic carbocycles. The number of thiazole rings is 1. The van der Waals surface area contributed by atoms with Gasteiger partial charge in [0.1, 0.15) is 5.01 Å². The van der Waals surface area contributed by atoms with Gasteiger partial charge < -0.3 is 0 Å². The maximum Gasteiger partial charge on any atom is 0.184 e. The summed E-state index contributed by atoms with van der Waals surface area (Å²) in [4.78, 5) is 16.7. The van der Waals surface area contributed by atoms with Crippen LogP contribution in [0.15, 0.2) is 34.0 Å². The summed E-state index contributed by atoms with van der Waals surface area (Å²) in [5, 5.41) is 16.8. The van der Waals surface area contributed by atoms with Crippen molar-refractivity contribution < 1.29 is 4.79 Å². The van der Waals surface area contributed by atoms with Crippen LogP contribution in [0, 0.1) is 22.2 Å². The van der Waals surface area contributed by atoms with Crippen molar-refractivity contribution in [3.05, 3.63) is 49.3 Å². The van der Waals surface area contributed by atoms with Gasteiger partial charge in [0, 0.05) is 16.1 Å². The monoisotopic (exact) mass is 438 g/mol. The molecule has 3 aromatic rings. The van der Waals surface area contributed by atoms with Crippen LogP contribution in [0.5, 0.6) is 0 Å². The van der Waals surface area contributed by atoms with Gasteiger partial charge in [-0.1, -0.05) is 34.7 Å². The molecule has 0 spiro atoms. The van der Waals surface area contributed by atoms with Gasteiger partial charge in [0.15, 0.2) is 20.0 Å². The molecule has 1 unspecified atom stereocenters. The van der Waals surface area contributed by atoms with Crippen LogP contribution in [-0.2, 0) is 4.79 Å². The average molecular weight is 439 g/mol. The lowest BCUT2D eigenvalue weighted by molar-refractivity contribution is -0.116. The third kappa shape index (κ3) is 4.39. The van der Waals surface area contributed by atoms with Crippen LogP contribution in [-0.4, -0.2) is 26.3 Å². The topological polar surface area (TPSA) is 71.6 Å². The van der Waals surface area contributed by atoms with Gasteiger partial charge in [0.2, 0.25) is 0 Å². The van der Waals surface area contributed by atoms with E-state index in [0.717, 1.165) is 11.4 Å². The van der Waals surface area contributed by atoms with E-state index >= 15 is 0 Å². The molecule has 0 saturated carbocycles. The Morgan fingerprint density at radius 1 is 1.46 bits per heavy atom. The van der Waals surface area contributed by atoms with Crippen molar-refractivity contribution in [1.82, 2.24) is 14.8 Å². The van der Waals surface area contributed by atoms with E-state index in [1.165, 1.54) is 34.4 Å². The van der Waals surface area contributed by atoms with Gasteiger partial charge in [-0.3, -0.25) is 4.79 Å². The summed E-state index contributed by atoms with van der Waals surface area (Å²) in [5.41, 5.74) is 1.62. The Kier molecular flexibility index (Phi) is 6.21. The molecule has 0 radical (unpaired) electrons. The number of carbonyl (C=O) groups excluding carboxylic acids is 1. The minimum atomic E-state index is -0.840. The lowest BCUT2D eigenvalue weighted by Gasteiger charge is -2.03. The van der Waals surface area contributed by atoms with Crippen molar-refractivity contribution in [1.29, 1.82) is 5.26 Å². The summed E-state index contributed by atoms with van der Waals surface area (Å²) in [6.07, 6.45) is 0. The molecule has 0 aliphatic carbocycles. The van der Waals surface area contributed by atoms with E-state index in [1.807, 2.05) is 30.5 Å². The number of nitrogens with zero attached hydrogens (tertiary/aromatic N) is 4. The Morgan fingerprint density at radius 2 is 2.19 bits per heavy atom. The van der Waals surface area contributed by atoms with Gasteiger partial charge in [0.25, 0.3) is 0 Å². The third-order valence-electron chi connectivity index (χ3n) is 3.27. The number of nitriles is 1. The molecule has 10 heteroatoms.